The van der Waals surface area contributed by atoms with Gasteiger partial charge in [-0.3, -0.25) is 4.79 Å². The maximum Gasteiger partial charge on any atom is 0.254 e. The van der Waals surface area contributed by atoms with Gasteiger partial charge in [0.1, 0.15) is 5.75 Å². The van der Waals surface area contributed by atoms with E-state index in [-0.39, 0.29) is 5.91 Å². The summed E-state index contributed by atoms with van der Waals surface area (Å²) in [5, 5.41) is 0. The molecular formula is C17H26N2O2. The van der Waals surface area contributed by atoms with E-state index >= 15 is 0 Å². The normalized spacial score (nSPS) is 21.9. The van der Waals surface area contributed by atoms with Crippen LogP contribution in [0.1, 0.15) is 48.5 Å². The molecule has 1 aromatic carbocycles. The zero-order chi connectivity index (χ0) is 15.4. The van der Waals surface area contributed by atoms with Crippen LogP contribution in [0.15, 0.2) is 18.2 Å². The molecule has 116 valence electrons. The standard InChI is InChI=1S/C17H26N2O2/c1-4-19(15-9-7-14(18)8-10-15)17(20)13-6-5-12(2)16(11-13)21-3/h5-6,11,14-15H,4,7-10,18H2,1-3H3. The van der Waals surface area contributed by atoms with Gasteiger partial charge in [-0.1, -0.05) is 6.07 Å². The second-order valence-corrected chi connectivity index (χ2v) is 5.84. The van der Waals surface area contributed by atoms with Crippen LogP contribution in [0.4, 0.5) is 0 Å². The van der Waals surface area contributed by atoms with Crippen LogP contribution in [0.25, 0.3) is 0 Å². The number of ether oxygens (including phenoxy) is 1. The number of hydrogen-bond donors (Lipinski definition) is 1. The predicted molar refractivity (Wildman–Crippen MR) is 84.7 cm³/mol. The molecule has 2 N–H and O–H groups in total. The number of benzene rings is 1. The molecule has 0 saturated heterocycles. The molecule has 0 aromatic heterocycles. The quantitative estimate of drug-likeness (QED) is 0.927. The minimum absolute atomic E-state index is 0.0938. The number of nitrogens with zero attached hydrogens (tertiary/aromatic N) is 1. The van der Waals surface area contributed by atoms with Crippen molar-refractivity contribution in [1.29, 1.82) is 0 Å². The molecule has 2 rings (SSSR count). The van der Waals surface area contributed by atoms with E-state index in [1.807, 2.05) is 36.9 Å². The summed E-state index contributed by atoms with van der Waals surface area (Å²) in [4.78, 5) is 14.8. The number of nitrogens with two attached hydrogens (primary N) is 1. The Morgan fingerprint density at radius 1 is 1.33 bits per heavy atom. The largest absolute Gasteiger partial charge is 0.496 e. The fourth-order valence-corrected chi connectivity index (χ4v) is 3.10. The van der Waals surface area contributed by atoms with Gasteiger partial charge in [0.15, 0.2) is 0 Å². The third-order valence-electron chi connectivity index (χ3n) is 4.44. The molecule has 0 spiro atoms. The highest BCUT2D eigenvalue weighted by Crippen LogP contribution is 2.25. The van der Waals surface area contributed by atoms with E-state index in [0.29, 0.717) is 17.6 Å². The molecule has 1 fully saturated rings. The minimum Gasteiger partial charge on any atom is -0.496 e. The highest BCUT2D eigenvalue weighted by Gasteiger charge is 2.27. The van der Waals surface area contributed by atoms with Crippen molar-refractivity contribution in [3.05, 3.63) is 29.3 Å². The Labute approximate surface area is 127 Å². The molecule has 0 heterocycles. The smallest absolute Gasteiger partial charge is 0.254 e. The molecule has 21 heavy (non-hydrogen) atoms. The van der Waals surface area contributed by atoms with Crippen LogP contribution in [0.3, 0.4) is 0 Å². The molecule has 1 aliphatic rings. The maximum absolute atomic E-state index is 12.8. The fourth-order valence-electron chi connectivity index (χ4n) is 3.10. The van der Waals surface area contributed by atoms with E-state index in [1.54, 1.807) is 7.11 Å². The van der Waals surface area contributed by atoms with Crippen LogP contribution in [-0.4, -0.2) is 36.5 Å². The first-order valence-corrected chi connectivity index (χ1v) is 7.78. The summed E-state index contributed by atoms with van der Waals surface area (Å²) in [6.07, 6.45) is 4.02. The third kappa shape index (κ3) is 3.56. The van der Waals surface area contributed by atoms with Gasteiger partial charge >= 0.3 is 0 Å². The lowest BCUT2D eigenvalue weighted by molar-refractivity contribution is 0.0640. The first-order chi connectivity index (χ1) is 10.1. The van der Waals surface area contributed by atoms with Crippen molar-refractivity contribution < 1.29 is 9.53 Å². The van der Waals surface area contributed by atoms with E-state index in [9.17, 15) is 4.79 Å². The summed E-state index contributed by atoms with van der Waals surface area (Å²) in [6.45, 7) is 4.75. The van der Waals surface area contributed by atoms with Crippen molar-refractivity contribution in [2.75, 3.05) is 13.7 Å². The fraction of sp³-hybridized carbons (Fsp3) is 0.588. The Morgan fingerprint density at radius 2 is 2.00 bits per heavy atom. The van der Waals surface area contributed by atoms with Crippen LogP contribution in [0, 0.1) is 6.92 Å². The van der Waals surface area contributed by atoms with Crippen LogP contribution < -0.4 is 10.5 Å². The summed E-state index contributed by atoms with van der Waals surface area (Å²) in [6, 6.07) is 6.28. The van der Waals surface area contributed by atoms with Gasteiger partial charge in [0.2, 0.25) is 0 Å². The van der Waals surface area contributed by atoms with Gasteiger partial charge in [-0.25, -0.2) is 0 Å². The Balaban J connectivity index is 2.16. The zero-order valence-electron chi connectivity index (χ0n) is 13.3. The van der Waals surface area contributed by atoms with Gasteiger partial charge in [0.05, 0.1) is 7.11 Å². The molecule has 0 bridgehead atoms. The number of amides is 1. The second-order valence-electron chi connectivity index (χ2n) is 5.84. The summed E-state index contributed by atoms with van der Waals surface area (Å²) in [5.41, 5.74) is 7.71. The molecular weight excluding hydrogens is 264 g/mol. The molecule has 4 heteroatoms. The lowest BCUT2D eigenvalue weighted by Crippen LogP contribution is -2.44. The van der Waals surface area contributed by atoms with E-state index in [4.69, 9.17) is 10.5 Å². The Hall–Kier alpha value is -1.55. The first-order valence-electron chi connectivity index (χ1n) is 7.78. The van der Waals surface area contributed by atoms with Crippen LogP contribution in [0.2, 0.25) is 0 Å². The molecule has 1 aromatic rings. The minimum atomic E-state index is 0.0938. The molecule has 1 aliphatic carbocycles. The van der Waals surface area contributed by atoms with Crippen LogP contribution >= 0.6 is 0 Å². The molecule has 0 unspecified atom stereocenters. The molecule has 0 aliphatic heterocycles. The van der Waals surface area contributed by atoms with Crippen LogP contribution in [-0.2, 0) is 0 Å². The molecule has 1 amide bonds. The molecule has 0 radical (unpaired) electrons. The lowest BCUT2D eigenvalue weighted by Gasteiger charge is -2.35. The molecule has 1 saturated carbocycles. The van der Waals surface area contributed by atoms with E-state index in [1.165, 1.54) is 0 Å². The van der Waals surface area contributed by atoms with E-state index in [2.05, 4.69) is 0 Å². The highest BCUT2D eigenvalue weighted by atomic mass is 16.5. The van der Waals surface area contributed by atoms with Crippen molar-refractivity contribution in [3.63, 3.8) is 0 Å². The lowest BCUT2D eigenvalue weighted by atomic mass is 9.90. The third-order valence-corrected chi connectivity index (χ3v) is 4.44. The van der Waals surface area contributed by atoms with Crippen molar-refractivity contribution in [1.82, 2.24) is 4.90 Å². The van der Waals surface area contributed by atoms with Crippen molar-refractivity contribution in [2.45, 2.75) is 51.6 Å². The Kier molecular flexibility index (Phi) is 5.23. The average Bonchev–Trinajstić information content (AvgIpc) is 2.50. The monoisotopic (exact) mass is 290 g/mol. The highest BCUT2D eigenvalue weighted by molar-refractivity contribution is 5.95. The van der Waals surface area contributed by atoms with Crippen molar-refractivity contribution in [3.8, 4) is 5.75 Å². The van der Waals surface area contributed by atoms with Gasteiger partial charge in [0.25, 0.3) is 5.91 Å². The SMILES string of the molecule is CCN(C(=O)c1ccc(C)c(OC)c1)C1CCC(N)CC1. The van der Waals surface area contributed by atoms with Gasteiger partial charge in [-0.15, -0.1) is 0 Å². The topological polar surface area (TPSA) is 55.6 Å². The number of methoxy groups -OCH3 is 1. The van der Waals surface area contributed by atoms with E-state index in [0.717, 1.165) is 43.5 Å². The van der Waals surface area contributed by atoms with Crippen LogP contribution in [0.5, 0.6) is 5.75 Å². The van der Waals surface area contributed by atoms with Crippen molar-refractivity contribution >= 4 is 5.91 Å². The summed E-state index contributed by atoms with van der Waals surface area (Å²) in [5.74, 6) is 0.860. The number of aryl methyl sites for hydroxylation is 1. The Morgan fingerprint density at radius 3 is 2.57 bits per heavy atom. The van der Waals surface area contributed by atoms with Gasteiger partial charge in [0, 0.05) is 24.2 Å². The Bertz CT molecular complexity index is 494. The number of hydrogen-bond acceptors (Lipinski definition) is 3. The molecule has 0 atom stereocenters. The van der Waals surface area contributed by atoms with E-state index < -0.39 is 0 Å². The second kappa shape index (κ2) is 6.94. The number of rotatable bonds is 4. The molecule has 4 nitrogen and oxygen atoms in total. The summed E-state index contributed by atoms with van der Waals surface area (Å²) < 4.78 is 5.32. The maximum atomic E-state index is 12.8. The number of carbonyl (C=O) groups is 1. The summed E-state index contributed by atoms with van der Waals surface area (Å²) in [7, 11) is 1.64. The predicted octanol–water partition coefficient (Wildman–Crippen LogP) is 2.74. The first kappa shape index (κ1) is 15.8. The zero-order valence-corrected chi connectivity index (χ0v) is 13.3. The van der Waals surface area contributed by atoms with Gasteiger partial charge in [-0.05, 0) is 57.2 Å². The van der Waals surface area contributed by atoms with Gasteiger partial charge < -0.3 is 15.4 Å². The van der Waals surface area contributed by atoms with Crippen molar-refractivity contribution in [2.24, 2.45) is 5.73 Å². The average molecular weight is 290 g/mol. The van der Waals surface area contributed by atoms with Gasteiger partial charge in [-0.2, -0.15) is 0 Å². The number of carbonyl (C=O) groups excluding carboxylic acids is 1. The summed E-state index contributed by atoms with van der Waals surface area (Å²) >= 11 is 0.